The summed E-state index contributed by atoms with van der Waals surface area (Å²) in [7, 11) is 0. The molecule has 4 rings (SSSR count). The third-order valence-electron chi connectivity index (χ3n) is 5.14. The zero-order chi connectivity index (χ0) is 18.5. The molecule has 1 fully saturated rings. The Morgan fingerprint density at radius 3 is 2.63 bits per heavy atom. The fourth-order valence-corrected chi connectivity index (χ4v) is 3.72. The van der Waals surface area contributed by atoms with Gasteiger partial charge < -0.3 is 4.52 Å². The molecule has 0 aliphatic carbocycles. The normalized spacial score (nSPS) is 17.4. The minimum atomic E-state index is -0.200. The van der Waals surface area contributed by atoms with Gasteiger partial charge in [0.2, 0.25) is 5.89 Å². The lowest BCUT2D eigenvalue weighted by Gasteiger charge is -2.21. The Balaban J connectivity index is 1.34. The first kappa shape index (κ1) is 17.9. The van der Waals surface area contributed by atoms with E-state index in [0.717, 1.165) is 56.6 Å². The summed E-state index contributed by atoms with van der Waals surface area (Å²) < 4.78 is 18.7. The van der Waals surface area contributed by atoms with E-state index in [1.54, 1.807) is 0 Å². The van der Waals surface area contributed by atoms with Crippen molar-refractivity contribution in [1.29, 1.82) is 0 Å². The van der Waals surface area contributed by atoms with Crippen LogP contribution >= 0.6 is 0 Å². The summed E-state index contributed by atoms with van der Waals surface area (Å²) in [6, 6.07) is 17.3. The average Bonchev–Trinajstić information content (AvgIpc) is 3.34. The molecule has 1 unspecified atom stereocenters. The highest BCUT2D eigenvalue weighted by molar-refractivity contribution is 5.17. The predicted molar refractivity (Wildman–Crippen MR) is 102 cm³/mol. The summed E-state index contributed by atoms with van der Waals surface area (Å²) in [6.07, 6.45) is 4.98. The Labute approximate surface area is 159 Å². The van der Waals surface area contributed by atoms with Gasteiger partial charge in [0.05, 0.1) is 6.04 Å². The highest BCUT2D eigenvalue weighted by atomic mass is 19.1. The lowest BCUT2D eigenvalue weighted by atomic mass is 10.1. The van der Waals surface area contributed by atoms with Gasteiger partial charge in [0, 0.05) is 13.0 Å². The molecule has 0 radical (unpaired) electrons. The maximum Gasteiger partial charge on any atom is 0.244 e. The van der Waals surface area contributed by atoms with Crippen molar-refractivity contribution in [2.24, 2.45) is 0 Å². The van der Waals surface area contributed by atoms with E-state index in [-0.39, 0.29) is 11.9 Å². The van der Waals surface area contributed by atoms with Gasteiger partial charge >= 0.3 is 0 Å². The molecule has 0 saturated carbocycles. The van der Waals surface area contributed by atoms with Crippen LogP contribution in [-0.4, -0.2) is 21.6 Å². The molecule has 0 N–H and O–H groups in total. The Hall–Kier alpha value is -2.53. The molecule has 1 aliphatic heterocycles. The predicted octanol–water partition coefficient (Wildman–Crippen LogP) is 4.72. The van der Waals surface area contributed by atoms with Crippen LogP contribution in [0.15, 0.2) is 59.1 Å². The van der Waals surface area contributed by atoms with Gasteiger partial charge in [0.1, 0.15) is 5.82 Å². The van der Waals surface area contributed by atoms with Gasteiger partial charge in [-0.15, -0.1) is 0 Å². The summed E-state index contributed by atoms with van der Waals surface area (Å²) in [5.74, 6) is 1.30. The molecule has 1 aliphatic rings. The molecule has 3 aromatic rings. The summed E-state index contributed by atoms with van der Waals surface area (Å²) >= 11 is 0. The van der Waals surface area contributed by atoms with E-state index < -0.39 is 0 Å². The highest BCUT2D eigenvalue weighted by Crippen LogP contribution is 2.32. The second kappa shape index (κ2) is 8.44. The largest absolute Gasteiger partial charge is 0.338 e. The van der Waals surface area contributed by atoms with Crippen LogP contribution in [0.3, 0.4) is 0 Å². The molecule has 5 heteroatoms. The Bertz CT molecular complexity index is 848. The van der Waals surface area contributed by atoms with Crippen LogP contribution in [0.25, 0.3) is 0 Å². The van der Waals surface area contributed by atoms with Crippen LogP contribution in [-0.2, 0) is 19.4 Å². The molecule has 2 heterocycles. The molecule has 140 valence electrons. The molecular formula is C22H24FN3O. The van der Waals surface area contributed by atoms with Crippen LogP contribution in [0.1, 0.15) is 48.1 Å². The zero-order valence-electron chi connectivity index (χ0n) is 15.4. The van der Waals surface area contributed by atoms with Crippen LogP contribution in [0.4, 0.5) is 4.39 Å². The van der Waals surface area contributed by atoms with Gasteiger partial charge in [0.25, 0.3) is 0 Å². The lowest BCUT2D eigenvalue weighted by Crippen LogP contribution is -2.23. The molecular weight excluding hydrogens is 341 g/mol. The van der Waals surface area contributed by atoms with Crippen molar-refractivity contribution in [3.8, 4) is 0 Å². The van der Waals surface area contributed by atoms with Gasteiger partial charge in [-0.1, -0.05) is 47.6 Å². The second-order valence-corrected chi connectivity index (χ2v) is 7.14. The SMILES string of the molecule is Fc1ccc(CN2CCCC2c2nc(CCCc3ccccc3)no2)cc1. The Morgan fingerprint density at radius 1 is 1.00 bits per heavy atom. The number of hydrogen-bond acceptors (Lipinski definition) is 4. The van der Waals surface area contributed by atoms with Crippen LogP contribution in [0.5, 0.6) is 0 Å². The second-order valence-electron chi connectivity index (χ2n) is 7.14. The van der Waals surface area contributed by atoms with Crippen molar-refractivity contribution in [2.45, 2.75) is 44.7 Å². The minimum absolute atomic E-state index is 0.158. The molecule has 1 atom stereocenters. The van der Waals surface area contributed by atoms with Gasteiger partial charge in [-0.3, -0.25) is 4.90 Å². The molecule has 27 heavy (non-hydrogen) atoms. The Morgan fingerprint density at radius 2 is 1.81 bits per heavy atom. The smallest absolute Gasteiger partial charge is 0.244 e. The van der Waals surface area contributed by atoms with Gasteiger partial charge in [-0.05, 0) is 55.5 Å². The first-order chi connectivity index (χ1) is 13.3. The van der Waals surface area contributed by atoms with Gasteiger partial charge in [-0.25, -0.2) is 4.39 Å². The van der Waals surface area contributed by atoms with Crippen LogP contribution < -0.4 is 0 Å². The molecule has 2 aromatic carbocycles. The summed E-state index contributed by atoms with van der Waals surface area (Å²) in [6.45, 7) is 1.77. The maximum absolute atomic E-state index is 13.1. The molecule has 1 aromatic heterocycles. The minimum Gasteiger partial charge on any atom is -0.338 e. The van der Waals surface area contributed by atoms with Crippen molar-refractivity contribution in [3.05, 3.63) is 83.3 Å². The van der Waals surface area contributed by atoms with E-state index in [1.165, 1.54) is 17.7 Å². The van der Waals surface area contributed by atoms with Gasteiger partial charge in [0.15, 0.2) is 5.82 Å². The fraction of sp³-hybridized carbons (Fsp3) is 0.364. The number of likely N-dealkylation sites (tertiary alicyclic amines) is 1. The van der Waals surface area contributed by atoms with Crippen molar-refractivity contribution in [3.63, 3.8) is 0 Å². The van der Waals surface area contributed by atoms with Gasteiger partial charge in [-0.2, -0.15) is 4.98 Å². The van der Waals surface area contributed by atoms with Crippen LogP contribution in [0.2, 0.25) is 0 Å². The number of aromatic nitrogens is 2. The number of halogens is 1. The van der Waals surface area contributed by atoms with E-state index in [0.29, 0.717) is 5.89 Å². The molecule has 1 saturated heterocycles. The van der Waals surface area contributed by atoms with E-state index >= 15 is 0 Å². The summed E-state index contributed by atoms with van der Waals surface area (Å²) in [5.41, 5.74) is 2.44. The fourth-order valence-electron chi connectivity index (χ4n) is 3.72. The number of rotatable bonds is 7. The Kier molecular flexibility index (Phi) is 5.58. The quantitative estimate of drug-likeness (QED) is 0.607. The number of aryl methyl sites for hydroxylation is 2. The van der Waals surface area contributed by atoms with Crippen molar-refractivity contribution in [1.82, 2.24) is 15.0 Å². The monoisotopic (exact) mass is 365 g/mol. The first-order valence-electron chi connectivity index (χ1n) is 9.63. The van der Waals surface area contributed by atoms with Crippen molar-refractivity contribution in [2.75, 3.05) is 6.54 Å². The number of hydrogen-bond donors (Lipinski definition) is 0. The average molecular weight is 365 g/mol. The van der Waals surface area contributed by atoms with E-state index in [9.17, 15) is 4.39 Å². The van der Waals surface area contributed by atoms with E-state index in [4.69, 9.17) is 4.52 Å². The van der Waals surface area contributed by atoms with E-state index in [2.05, 4.69) is 39.3 Å². The molecule has 0 amide bonds. The van der Waals surface area contributed by atoms with E-state index in [1.807, 2.05) is 18.2 Å². The first-order valence-corrected chi connectivity index (χ1v) is 9.63. The highest BCUT2D eigenvalue weighted by Gasteiger charge is 2.30. The molecule has 0 spiro atoms. The molecule has 0 bridgehead atoms. The number of nitrogens with zero attached hydrogens (tertiary/aromatic N) is 3. The topological polar surface area (TPSA) is 42.2 Å². The standard InChI is InChI=1S/C22H24FN3O/c23-19-13-11-18(12-14-19)16-26-15-5-9-20(26)22-24-21(25-27-22)10-4-8-17-6-2-1-3-7-17/h1-3,6-7,11-14,20H,4-5,8-10,15-16H2. The van der Waals surface area contributed by atoms with Crippen molar-refractivity contribution >= 4 is 0 Å². The summed E-state index contributed by atoms with van der Waals surface area (Å²) in [4.78, 5) is 6.99. The third kappa shape index (κ3) is 4.61. The maximum atomic E-state index is 13.1. The molecule has 4 nitrogen and oxygen atoms in total. The number of benzene rings is 2. The zero-order valence-corrected chi connectivity index (χ0v) is 15.4. The van der Waals surface area contributed by atoms with Crippen molar-refractivity contribution < 1.29 is 8.91 Å². The lowest BCUT2D eigenvalue weighted by molar-refractivity contribution is 0.201. The third-order valence-corrected chi connectivity index (χ3v) is 5.14. The summed E-state index contributed by atoms with van der Waals surface area (Å²) in [5, 5.41) is 4.18. The van der Waals surface area contributed by atoms with Crippen LogP contribution in [0, 0.1) is 5.82 Å².